The summed E-state index contributed by atoms with van der Waals surface area (Å²) in [7, 11) is 3.09. The molecule has 2 saturated heterocycles. The van der Waals surface area contributed by atoms with E-state index in [1.54, 1.807) is 13.3 Å². The van der Waals surface area contributed by atoms with Crippen LogP contribution in [0.25, 0.3) is 22.4 Å². The van der Waals surface area contributed by atoms with Gasteiger partial charge in [0.25, 0.3) is 0 Å². The Morgan fingerprint density at radius 1 is 0.941 bits per heavy atom. The van der Waals surface area contributed by atoms with E-state index in [0.717, 1.165) is 24.0 Å². The van der Waals surface area contributed by atoms with Crippen LogP contribution in [0.1, 0.15) is 31.0 Å². The quantitative estimate of drug-likeness (QED) is 0.133. The van der Waals surface area contributed by atoms with Crippen molar-refractivity contribution in [3.63, 3.8) is 0 Å². The highest BCUT2D eigenvalue weighted by molar-refractivity contribution is 6.39. The van der Waals surface area contributed by atoms with Gasteiger partial charge in [-0.25, -0.2) is 9.98 Å². The van der Waals surface area contributed by atoms with E-state index in [-0.39, 0.29) is 35.7 Å². The van der Waals surface area contributed by atoms with E-state index in [1.807, 2.05) is 43.3 Å². The molecule has 2 aliphatic heterocycles. The molecule has 3 heterocycles. The lowest BCUT2D eigenvalue weighted by Gasteiger charge is -2.16. The molecule has 0 unspecified atom stereocenters. The lowest BCUT2D eigenvalue weighted by Crippen LogP contribution is -2.39. The highest BCUT2D eigenvalue weighted by Crippen LogP contribution is 2.46. The van der Waals surface area contributed by atoms with E-state index in [1.165, 1.54) is 7.11 Å². The summed E-state index contributed by atoms with van der Waals surface area (Å²) in [5.41, 5.74) is 5.17. The van der Waals surface area contributed by atoms with Gasteiger partial charge in [-0.1, -0.05) is 59.6 Å². The Hall–Kier alpha value is -4.36. The molecule has 4 N–H and O–H groups in total. The lowest BCUT2D eigenvalue weighted by molar-refractivity contribution is -0.122. The van der Waals surface area contributed by atoms with Gasteiger partial charge in [-0.05, 0) is 38.3 Å². The van der Waals surface area contributed by atoms with Crippen LogP contribution in [-0.4, -0.2) is 80.1 Å². The fourth-order valence-electron chi connectivity index (χ4n) is 7.22. The van der Waals surface area contributed by atoms with Crippen molar-refractivity contribution in [2.24, 2.45) is 33.7 Å². The molecule has 2 aliphatic carbocycles. The molecule has 7 rings (SSSR count). The zero-order valence-corrected chi connectivity index (χ0v) is 30.1. The van der Waals surface area contributed by atoms with Gasteiger partial charge in [-0.15, -0.1) is 0 Å². The van der Waals surface area contributed by atoms with Crippen molar-refractivity contribution in [3.05, 3.63) is 75.5 Å². The Kier molecular flexibility index (Phi) is 10.1. The van der Waals surface area contributed by atoms with Crippen LogP contribution in [0.2, 0.25) is 10.0 Å². The number of carbonyl (C=O) groups is 2. The number of piperidine rings is 2. The number of hydrogen-bond donors (Lipinski definition) is 4. The molecule has 0 bridgehead atoms. The smallest absolute Gasteiger partial charge is 0.237 e. The maximum absolute atomic E-state index is 11.9. The molecule has 4 fully saturated rings. The van der Waals surface area contributed by atoms with Crippen LogP contribution < -0.4 is 26.0 Å². The van der Waals surface area contributed by atoms with Crippen molar-refractivity contribution >= 4 is 47.4 Å². The van der Waals surface area contributed by atoms with Gasteiger partial charge >= 0.3 is 0 Å². The number of methoxy groups -OCH3 is 2. The number of halogens is 2. The number of hydrogen-bond acceptors (Lipinski definition) is 10. The van der Waals surface area contributed by atoms with E-state index in [0.29, 0.717) is 93.7 Å². The summed E-state index contributed by atoms with van der Waals surface area (Å²) in [6.45, 7) is 7.67. The standard InChI is InChI=1S/C37H40Cl2N8O4/c1-18(44-36(50-3)30(40-2)15-41-13-27-23-11-25(23)34(48)45-27)19-7-5-8-20(32(19)38)21-9-6-10-22(33(21)39)29-17-43-31(37(47-29)51-4)16-42-14-28-24-12-26(24)35(49)46-28/h5-10,17,23-28,41-42H,2,11-16H2,1,3-4H3,(H,45,48)(H,46,49)/b36-30+,44-18+/t23-,24-,25+,26+,27+,28+/m0/s1. The van der Waals surface area contributed by atoms with Gasteiger partial charge < -0.3 is 30.7 Å². The highest BCUT2D eigenvalue weighted by atomic mass is 35.5. The monoisotopic (exact) mass is 730 g/mol. The average Bonchev–Trinajstić information content (AvgIpc) is 4.05. The summed E-state index contributed by atoms with van der Waals surface area (Å²) in [6.07, 6.45) is 3.61. The lowest BCUT2D eigenvalue weighted by atomic mass is 9.98. The van der Waals surface area contributed by atoms with E-state index >= 15 is 0 Å². The van der Waals surface area contributed by atoms with Gasteiger partial charge in [0.1, 0.15) is 11.4 Å². The zero-order valence-electron chi connectivity index (χ0n) is 28.6. The molecule has 12 nitrogen and oxygen atoms in total. The first-order chi connectivity index (χ1) is 24.7. The minimum atomic E-state index is 0.122. The van der Waals surface area contributed by atoms with E-state index < -0.39 is 0 Å². The Morgan fingerprint density at radius 2 is 1.57 bits per heavy atom. The third-order valence-corrected chi connectivity index (χ3v) is 11.0. The fraction of sp³-hybridized carbons (Fsp3) is 0.405. The number of ether oxygens (including phenoxy) is 2. The molecule has 2 amide bonds. The molecule has 14 heteroatoms. The molecule has 0 spiro atoms. The summed E-state index contributed by atoms with van der Waals surface area (Å²) in [6, 6.07) is 11.6. The summed E-state index contributed by atoms with van der Waals surface area (Å²) in [5.74, 6) is 2.20. The van der Waals surface area contributed by atoms with Crippen molar-refractivity contribution in [3.8, 4) is 28.3 Å². The normalized spacial score (nSPS) is 25.0. The highest BCUT2D eigenvalue weighted by Gasteiger charge is 2.54. The number of aromatic nitrogens is 2. The molecule has 51 heavy (non-hydrogen) atoms. The summed E-state index contributed by atoms with van der Waals surface area (Å²) < 4.78 is 11.2. The van der Waals surface area contributed by atoms with Gasteiger partial charge in [-0.2, -0.15) is 0 Å². The van der Waals surface area contributed by atoms with E-state index in [9.17, 15) is 9.59 Å². The van der Waals surface area contributed by atoms with Crippen molar-refractivity contribution in [1.29, 1.82) is 0 Å². The molecular weight excluding hydrogens is 691 g/mol. The molecular formula is C37H40Cl2N8O4. The zero-order chi connectivity index (χ0) is 35.8. The van der Waals surface area contributed by atoms with Gasteiger partial charge in [0.15, 0.2) is 0 Å². The topological polar surface area (TPSA) is 151 Å². The molecule has 0 radical (unpaired) electrons. The minimum absolute atomic E-state index is 0.122. The van der Waals surface area contributed by atoms with Crippen LogP contribution in [0.3, 0.4) is 0 Å². The molecule has 2 saturated carbocycles. The molecule has 6 atom stereocenters. The SMILES string of the molecule is C=N/C(CNC[C@H]1NC(=O)[C@@H]2C[C@H]12)=C(\N=C(/C)c1cccc(-c2cccc(-c3cnc(CNC[C@H]4NC(=O)[C@@H]5C[C@H]45)c(OC)n3)c2Cl)c1Cl)OC. The predicted molar refractivity (Wildman–Crippen MR) is 197 cm³/mol. The molecule has 3 aromatic rings. The third kappa shape index (κ3) is 7.10. The van der Waals surface area contributed by atoms with Crippen molar-refractivity contribution in [2.45, 2.75) is 38.4 Å². The molecule has 2 aromatic carbocycles. The van der Waals surface area contributed by atoms with Crippen LogP contribution in [-0.2, 0) is 20.9 Å². The number of rotatable bonds is 15. The Balaban J connectivity index is 1.07. The Morgan fingerprint density at radius 3 is 2.16 bits per heavy atom. The Labute approximate surface area is 306 Å². The largest absolute Gasteiger partial charge is 0.480 e. The van der Waals surface area contributed by atoms with Crippen LogP contribution in [0, 0.1) is 23.7 Å². The van der Waals surface area contributed by atoms with Crippen LogP contribution in [0.5, 0.6) is 5.88 Å². The number of nitrogens with one attached hydrogen (secondary N) is 4. The number of fused-ring (bicyclic) bond motifs is 2. The first kappa shape index (κ1) is 35.1. The maximum Gasteiger partial charge on any atom is 0.237 e. The van der Waals surface area contributed by atoms with Crippen LogP contribution in [0.15, 0.2) is 64.2 Å². The first-order valence-corrected chi connectivity index (χ1v) is 17.8. The second kappa shape index (κ2) is 14.7. The number of aliphatic imine (C=N–C) groups is 2. The van der Waals surface area contributed by atoms with E-state index in [4.69, 9.17) is 42.7 Å². The molecule has 266 valence electrons. The van der Waals surface area contributed by atoms with Crippen molar-refractivity contribution in [1.82, 2.24) is 31.2 Å². The van der Waals surface area contributed by atoms with Crippen LogP contribution in [0.4, 0.5) is 0 Å². The first-order valence-electron chi connectivity index (χ1n) is 17.0. The fourth-order valence-corrected chi connectivity index (χ4v) is 7.91. The average molecular weight is 732 g/mol. The van der Waals surface area contributed by atoms with Gasteiger partial charge in [-0.3, -0.25) is 19.6 Å². The number of nitrogens with zero attached hydrogens (tertiary/aromatic N) is 4. The third-order valence-electron chi connectivity index (χ3n) is 10.2. The van der Waals surface area contributed by atoms with Gasteiger partial charge in [0, 0.05) is 72.4 Å². The minimum Gasteiger partial charge on any atom is -0.480 e. The Bertz CT molecular complexity index is 1950. The summed E-state index contributed by atoms with van der Waals surface area (Å²) >= 11 is 14.1. The van der Waals surface area contributed by atoms with Crippen molar-refractivity contribution < 1.29 is 19.1 Å². The van der Waals surface area contributed by atoms with E-state index in [2.05, 4.69) is 38.0 Å². The number of carbonyl (C=O) groups excluding carboxylic acids is 2. The molecule has 4 aliphatic rings. The second-order valence-corrected chi connectivity index (χ2v) is 14.1. The predicted octanol–water partition coefficient (Wildman–Crippen LogP) is 4.40. The molecule has 1 aromatic heterocycles. The number of amides is 2. The summed E-state index contributed by atoms with van der Waals surface area (Å²) in [5, 5.41) is 13.8. The summed E-state index contributed by atoms with van der Waals surface area (Å²) in [4.78, 5) is 42.1. The van der Waals surface area contributed by atoms with Gasteiger partial charge in [0.05, 0.1) is 41.9 Å². The number of benzene rings is 2. The maximum atomic E-state index is 11.9. The second-order valence-electron chi connectivity index (χ2n) is 13.4. The van der Waals surface area contributed by atoms with Crippen LogP contribution >= 0.6 is 23.2 Å². The van der Waals surface area contributed by atoms with Gasteiger partial charge in [0.2, 0.25) is 23.6 Å². The van der Waals surface area contributed by atoms with Crippen molar-refractivity contribution in [2.75, 3.05) is 33.9 Å².